The molecule has 3 nitrogen and oxygen atoms in total. The number of hydrogen-bond donors (Lipinski definition) is 0. The summed E-state index contributed by atoms with van der Waals surface area (Å²) in [6, 6.07) is 10.2. The highest BCUT2D eigenvalue weighted by atomic mass is 16.6. The molecular weight excluding hydrogens is 204 g/mol. The SMILES string of the molecule is c1ccc(COC2CO[C@@H]3CCOC23)cc1. The zero-order valence-corrected chi connectivity index (χ0v) is 9.17. The zero-order valence-electron chi connectivity index (χ0n) is 9.17. The molecule has 3 rings (SSSR count). The van der Waals surface area contributed by atoms with E-state index in [0.29, 0.717) is 13.2 Å². The summed E-state index contributed by atoms with van der Waals surface area (Å²) in [7, 11) is 0. The van der Waals surface area contributed by atoms with E-state index < -0.39 is 0 Å². The number of ether oxygens (including phenoxy) is 3. The van der Waals surface area contributed by atoms with Gasteiger partial charge >= 0.3 is 0 Å². The van der Waals surface area contributed by atoms with Crippen LogP contribution in [0.3, 0.4) is 0 Å². The van der Waals surface area contributed by atoms with Gasteiger partial charge in [-0.1, -0.05) is 30.3 Å². The monoisotopic (exact) mass is 220 g/mol. The molecule has 1 aromatic carbocycles. The van der Waals surface area contributed by atoms with Gasteiger partial charge in [0.15, 0.2) is 0 Å². The van der Waals surface area contributed by atoms with Crippen LogP contribution in [0.15, 0.2) is 30.3 Å². The molecule has 0 N–H and O–H groups in total. The van der Waals surface area contributed by atoms with Crippen molar-refractivity contribution in [1.82, 2.24) is 0 Å². The molecule has 3 atom stereocenters. The van der Waals surface area contributed by atoms with Crippen LogP contribution in [0.5, 0.6) is 0 Å². The Balaban J connectivity index is 1.56. The Morgan fingerprint density at radius 2 is 2.06 bits per heavy atom. The van der Waals surface area contributed by atoms with Gasteiger partial charge in [-0.15, -0.1) is 0 Å². The minimum absolute atomic E-state index is 0.104. The quantitative estimate of drug-likeness (QED) is 0.777. The normalized spacial score (nSPS) is 32.9. The van der Waals surface area contributed by atoms with Gasteiger partial charge in [-0.2, -0.15) is 0 Å². The van der Waals surface area contributed by atoms with Gasteiger partial charge in [-0.3, -0.25) is 0 Å². The van der Waals surface area contributed by atoms with Crippen LogP contribution in [0.4, 0.5) is 0 Å². The standard InChI is InChI=1S/C13H16O3/c1-2-4-10(5-3-1)8-15-12-9-16-11-6-7-14-13(11)12/h1-5,11-13H,6-9H2/t11-,12?,13?/m1/s1. The molecule has 0 aliphatic carbocycles. The lowest BCUT2D eigenvalue weighted by molar-refractivity contribution is -0.0385. The van der Waals surface area contributed by atoms with E-state index in [-0.39, 0.29) is 18.3 Å². The maximum absolute atomic E-state index is 5.85. The van der Waals surface area contributed by atoms with Gasteiger partial charge in [0.05, 0.1) is 19.3 Å². The van der Waals surface area contributed by atoms with Crippen molar-refractivity contribution in [2.45, 2.75) is 31.3 Å². The highest BCUT2D eigenvalue weighted by molar-refractivity contribution is 5.13. The Kier molecular flexibility index (Phi) is 2.91. The molecule has 3 heteroatoms. The first-order valence-corrected chi connectivity index (χ1v) is 5.82. The van der Waals surface area contributed by atoms with Gasteiger partial charge < -0.3 is 14.2 Å². The lowest BCUT2D eigenvalue weighted by Gasteiger charge is -2.16. The first-order valence-electron chi connectivity index (χ1n) is 5.82. The molecule has 0 bridgehead atoms. The Bertz CT molecular complexity index is 338. The minimum Gasteiger partial charge on any atom is -0.373 e. The van der Waals surface area contributed by atoms with Crippen molar-refractivity contribution in [1.29, 1.82) is 0 Å². The predicted molar refractivity (Wildman–Crippen MR) is 59.1 cm³/mol. The largest absolute Gasteiger partial charge is 0.373 e. The average Bonchev–Trinajstić information content (AvgIpc) is 2.90. The van der Waals surface area contributed by atoms with Gasteiger partial charge in [0.2, 0.25) is 0 Å². The van der Waals surface area contributed by atoms with E-state index in [0.717, 1.165) is 13.0 Å². The van der Waals surface area contributed by atoms with Crippen molar-refractivity contribution >= 4 is 0 Å². The number of fused-ring (bicyclic) bond motifs is 1. The molecular formula is C13H16O3. The second-order valence-corrected chi connectivity index (χ2v) is 4.33. The fraction of sp³-hybridized carbons (Fsp3) is 0.538. The topological polar surface area (TPSA) is 27.7 Å². The molecule has 2 aliphatic heterocycles. The smallest absolute Gasteiger partial charge is 0.112 e. The molecule has 16 heavy (non-hydrogen) atoms. The molecule has 2 heterocycles. The Hall–Kier alpha value is -0.900. The molecule has 2 saturated heterocycles. The van der Waals surface area contributed by atoms with E-state index in [2.05, 4.69) is 12.1 Å². The van der Waals surface area contributed by atoms with Crippen LogP contribution < -0.4 is 0 Å². The molecule has 0 saturated carbocycles. The lowest BCUT2D eigenvalue weighted by atomic mass is 10.1. The molecule has 1 aromatic rings. The Morgan fingerprint density at radius 3 is 2.94 bits per heavy atom. The van der Waals surface area contributed by atoms with Crippen LogP contribution in [0, 0.1) is 0 Å². The van der Waals surface area contributed by atoms with Gasteiger partial charge in [0, 0.05) is 6.61 Å². The van der Waals surface area contributed by atoms with Crippen LogP contribution in [0.1, 0.15) is 12.0 Å². The van der Waals surface area contributed by atoms with Crippen molar-refractivity contribution < 1.29 is 14.2 Å². The maximum Gasteiger partial charge on any atom is 0.112 e. The summed E-state index contributed by atoms with van der Waals surface area (Å²) in [4.78, 5) is 0. The van der Waals surface area contributed by atoms with Crippen molar-refractivity contribution in [2.24, 2.45) is 0 Å². The van der Waals surface area contributed by atoms with Crippen LogP contribution in [0.25, 0.3) is 0 Å². The molecule has 0 spiro atoms. The summed E-state index contributed by atoms with van der Waals surface area (Å²) >= 11 is 0. The van der Waals surface area contributed by atoms with E-state index in [1.807, 2.05) is 18.2 Å². The summed E-state index contributed by atoms with van der Waals surface area (Å²) in [5, 5.41) is 0. The third kappa shape index (κ3) is 1.98. The first kappa shape index (κ1) is 10.3. The molecule has 0 amide bonds. The fourth-order valence-corrected chi connectivity index (χ4v) is 2.35. The molecule has 0 aromatic heterocycles. The summed E-state index contributed by atoms with van der Waals surface area (Å²) in [6.07, 6.45) is 1.53. The first-order chi connectivity index (χ1) is 7.93. The fourth-order valence-electron chi connectivity index (χ4n) is 2.35. The number of hydrogen-bond acceptors (Lipinski definition) is 3. The van der Waals surface area contributed by atoms with Crippen LogP contribution in [-0.4, -0.2) is 31.5 Å². The van der Waals surface area contributed by atoms with Crippen molar-refractivity contribution in [3.05, 3.63) is 35.9 Å². The lowest BCUT2D eigenvalue weighted by Crippen LogP contribution is -2.29. The molecule has 2 aliphatic rings. The summed E-state index contributed by atoms with van der Waals surface area (Å²) in [6.45, 7) is 2.12. The van der Waals surface area contributed by atoms with Crippen LogP contribution >= 0.6 is 0 Å². The highest BCUT2D eigenvalue weighted by Gasteiger charge is 2.42. The molecule has 86 valence electrons. The predicted octanol–water partition coefficient (Wildman–Crippen LogP) is 1.76. The van der Waals surface area contributed by atoms with Crippen LogP contribution in [0.2, 0.25) is 0 Å². The molecule has 2 unspecified atom stereocenters. The van der Waals surface area contributed by atoms with Gasteiger partial charge in [0.25, 0.3) is 0 Å². The second kappa shape index (κ2) is 4.53. The molecule has 2 fully saturated rings. The minimum atomic E-state index is 0.104. The average molecular weight is 220 g/mol. The Labute approximate surface area is 95.3 Å². The third-order valence-corrected chi connectivity index (χ3v) is 3.23. The third-order valence-electron chi connectivity index (χ3n) is 3.23. The summed E-state index contributed by atoms with van der Waals surface area (Å²) in [5.41, 5.74) is 1.20. The highest BCUT2D eigenvalue weighted by Crippen LogP contribution is 2.28. The van der Waals surface area contributed by atoms with Crippen LogP contribution in [-0.2, 0) is 20.8 Å². The number of benzene rings is 1. The van der Waals surface area contributed by atoms with Crippen molar-refractivity contribution in [3.8, 4) is 0 Å². The summed E-state index contributed by atoms with van der Waals surface area (Å²) in [5.74, 6) is 0. The van der Waals surface area contributed by atoms with E-state index in [1.165, 1.54) is 5.56 Å². The second-order valence-electron chi connectivity index (χ2n) is 4.33. The molecule has 0 radical (unpaired) electrons. The van der Waals surface area contributed by atoms with Gasteiger partial charge in [-0.25, -0.2) is 0 Å². The van der Waals surface area contributed by atoms with Crippen molar-refractivity contribution in [3.63, 3.8) is 0 Å². The van der Waals surface area contributed by atoms with E-state index in [4.69, 9.17) is 14.2 Å². The number of rotatable bonds is 3. The van der Waals surface area contributed by atoms with Crippen molar-refractivity contribution in [2.75, 3.05) is 13.2 Å². The van der Waals surface area contributed by atoms with E-state index >= 15 is 0 Å². The van der Waals surface area contributed by atoms with Gasteiger partial charge in [0.1, 0.15) is 12.2 Å². The van der Waals surface area contributed by atoms with E-state index in [1.54, 1.807) is 0 Å². The maximum atomic E-state index is 5.85. The Morgan fingerprint density at radius 1 is 1.19 bits per heavy atom. The van der Waals surface area contributed by atoms with Gasteiger partial charge in [-0.05, 0) is 12.0 Å². The van der Waals surface area contributed by atoms with E-state index in [9.17, 15) is 0 Å². The zero-order chi connectivity index (χ0) is 10.8. The summed E-state index contributed by atoms with van der Waals surface area (Å²) < 4.78 is 17.1.